The molecule has 2 aromatic rings. The summed E-state index contributed by atoms with van der Waals surface area (Å²) < 4.78 is 57.2. The maximum absolute atomic E-state index is 13.7. The summed E-state index contributed by atoms with van der Waals surface area (Å²) in [5.74, 6) is -0.310. The van der Waals surface area contributed by atoms with Gasteiger partial charge in [-0.25, -0.2) is 4.39 Å². The molecule has 0 fully saturated rings. The highest BCUT2D eigenvalue weighted by atomic mass is 19.4. The van der Waals surface area contributed by atoms with E-state index in [1.54, 1.807) is 12.1 Å². The van der Waals surface area contributed by atoms with Crippen LogP contribution in [0, 0.1) is 5.82 Å². The van der Waals surface area contributed by atoms with Crippen molar-refractivity contribution in [3.05, 3.63) is 53.7 Å². The highest BCUT2D eigenvalue weighted by Crippen LogP contribution is 2.29. The monoisotopic (exact) mass is 386 g/mol. The number of carbonyl (C=O) groups excluding carboxylic acids is 1. The second-order valence-corrected chi connectivity index (χ2v) is 6.36. The summed E-state index contributed by atoms with van der Waals surface area (Å²) in [5, 5.41) is 9.42. The van der Waals surface area contributed by atoms with Gasteiger partial charge in [0.15, 0.2) is 6.10 Å². The molecule has 0 bridgehead atoms. The van der Waals surface area contributed by atoms with Crippen molar-refractivity contribution in [2.24, 2.45) is 0 Å². The second-order valence-electron chi connectivity index (χ2n) is 6.36. The molecule has 1 unspecified atom stereocenters. The summed E-state index contributed by atoms with van der Waals surface area (Å²) in [6.45, 7) is -0.564. The van der Waals surface area contributed by atoms with Crippen molar-refractivity contribution >= 4 is 11.6 Å². The third-order valence-corrected chi connectivity index (χ3v) is 4.39. The number of aliphatic hydroxyl groups is 1. The first-order valence-corrected chi connectivity index (χ1v) is 8.32. The lowest BCUT2D eigenvalue weighted by atomic mass is 10.1. The zero-order valence-electron chi connectivity index (χ0n) is 14.2. The van der Waals surface area contributed by atoms with Gasteiger partial charge in [0, 0.05) is 25.2 Å². The normalized spacial score (nSPS) is 16.7. The molecule has 1 aromatic heterocycles. The fraction of sp³-hybridized carbons (Fsp3) is 0.389. The number of β-amino-alcohol motifs (C(OH)–C–C–N with tert-alkyl or cyclic N) is 1. The molecule has 1 N–H and O–H groups in total. The van der Waals surface area contributed by atoms with Crippen LogP contribution in [-0.2, 0) is 17.9 Å². The van der Waals surface area contributed by atoms with E-state index in [4.69, 9.17) is 4.42 Å². The summed E-state index contributed by atoms with van der Waals surface area (Å²) in [6, 6.07) is 7.08. The third kappa shape index (κ3) is 4.60. The average Bonchev–Trinajstić information content (AvgIpc) is 3.09. The van der Waals surface area contributed by atoms with Gasteiger partial charge in [-0.3, -0.25) is 4.79 Å². The molecule has 1 atom stereocenters. The predicted molar refractivity (Wildman–Crippen MR) is 88.3 cm³/mol. The van der Waals surface area contributed by atoms with Gasteiger partial charge in [-0.1, -0.05) is 0 Å². The average molecular weight is 386 g/mol. The van der Waals surface area contributed by atoms with E-state index < -0.39 is 24.6 Å². The van der Waals surface area contributed by atoms with Gasteiger partial charge >= 0.3 is 6.18 Å². The lowest BCUT2D eigenvalue weighted by molar-refractivity contribution is -0.200. The lowest BCUT2D eigenvalue weighted by Gasteiger charge is -2.34. The van der Waals surface area contributed by atoms with Crippen molar-refractivity contribution in [2.45, 2.75) is 31.8 Å². The molecule has 3 rings (SSSR count). The van der Waals surface area contributed by atoms with Crippen LogP contribution in [0.15, 0.2) is 41.0 Å². The second kappa shape index (κ2) is 7.59. The Bertz CT molecular complexity index is 792. The van der Waals surface area contributed by atoms with E-state index in [1.165, 1.54) is 28.2 Å². The molecule has 1 aliphatic rings. The Kier molecular flexibility index (Phi) is 5.41. The van der Waals surface area contributed by atoms with Crippen molar-refractivity contribution in [1.82, 2.24) is 4.90 Å². The van der Waals surface area contributed by atoms with Crippen LogP contribution >= 0.6 is 0 Å². The maximum Gasteiger partial charge on any atom is 0.416 e. The minimum Gasteiger partial charge on any atom is -0.467 e. The minimum absolute atomic E-state index is 0.0191. The van der Waals surface area contributed by atoms with Crippen LogP contribution in [0.4, 0.5) is 23.2 Å². The maximum atomic E-state index is 13.7. The van der Waals surface area contributed by atoms with E-state index in [-0.39, 0.29) is 32.0 Å². The number of halogens is 4. The first kappa shape index (κ1) is 19.2. The largest absolute Gasteiger partial charge is 0.467 e. The standard InChI is InChI=1S/C18H18F4N2O3/c19-13-3-4-15-12(8-13)9-24(10-14-2-1-7-27-14)17(26)5-6-23(15)11-16(25)18(20,21)22/h1-4,7-8,16,25H,5-6,9-11H2. The van der Waals surface area contributed by atoms with Crippen LogP contribution in [0.2, 0.25) is 0 Å². The summed E-state index contributed by atoms with van der Waals surface area (Å²) in [7, 11) is 0. The Morgan fingerprint density at radius 3 is 2.67 bits per heavy atom. The molecule has 0 saturated heterocycles. The topological polar surface area (TPSA) is 56.9 Å². The summed E-state index contributed by atoms with van der Waals surface area (Å²) >= 11 is 0. The first-order chi connectivity index (χ1) is 12.7. The van der Waals surface area contributed by atoms with Crippen molar-refractivity contribution in [3.63, 3.8) is 0 Å². The Morgan fingerprint density at radius 2 is 2.00 bits per heavy atom. The van der Waals surface area contributed by atoms with Crippen LogP contribution < -0.4 is 4.90 Å². The molecule has 2 heterocycles. The molecule has 1 aromatic carbocycles. The highest BCUT2D eigenvalue weighted by Gasteiger charge is 2.40. The zero-order chi connectivity index (χ0) is 19.6. The van der Waals surface area contributed by atoms with E-state index in [2.05, 4.69) is 0 Å². The molecule has 9 heteroatoms. The first-order valence-electron chi connectivity index (χ1n) is 8.32. The number of rotatable bonds is 4. The fourth-order valence-electron chi connectivity index (χ4n) is 3.03. The Morgan fingerprint density at radius 1 is 1.22 bits per heavy atom. The molecule has 0 spiro atoms. The number of anilines is 1. The van der Waals surface area contributed by atoms with Gasteiger partial charge in [-0.05, 0) is 35.9 Å². The van der Waals surface area contributed by atoms with E-state index in [0.29, 0.717) is 17.0 Å². The Hall–Kier alpha value is -2.55. The van der Waals surface area contributed by atoms with E-state index >= 15 is 0 Å². The molecule has 5 nitrogen and oxygen atoms in total. The number of fused-ring (bicyclic) bond motifs is 1. The number of carbonyl (C=O) groups is 1. The molecule has 1 aliphatic heterocycles. The molecule has 27 heavy (non-hydrogen) atoms. The number of benzene rings is 1. The highest BCUT2D eigenvalue weighted by molar-refractivity contribution is 5.78. The number of hydrogen-bond donors (Lipinski definition) is 1. The zero-order valence-corrected chi connectivity index (χ0v) is 14.2. The summed E-state index contributed by atoms with van der Waals surface area (Å²) in [5.41, 5.74) is 0.723. The predicted octanol–water partition coefficient (Wildman–Crippen LogP) is 3.08. The van der Waals surface area contributed by atoms with Crippen LogP contribution in [-0.4, -0.2) is 41.3 Å². The van der Waals surface area contributed by atoms with Crippen LogP contribution in [0.3, 0.4) is 0 Å². The van der Waals surface area contributed by atoms with Crippen LogP contribution in [0.1, 0.15) is 17.7 Å². The number of alkyl halides is 3. The van der Waals surface area contributed by atoms with Crippen molar-refractivity contribution in [3.8, 4) is 0 Å². The van der Waals surface area contributed by atoms with Crippen LogP contribution in [0.5, 0.6) is 0 Å². The SMILES string of the molecule is O=C1CCN(CC(O)C(F)(F)F)c2ccc(F)cc2CN1Cc1ccco1. The van der Waals surface area contributed by atoms with Gasteiger partial charge in [0.25, 0.3) is 0 Å². The lowest BCUT2D eigenvalue weighted by Crippen LogP contribution is -2.44. The number of nitrogens with zero attached hydrogens (tertiary/aromatic N) is 2. The van der Waals surface area contributed by atoms with Gasteiger partial charge in [-0.15, -0.1) is 0 Å². The van der Waals surface area contributed by atoms with Gasteiger partial charge in [0.05, 0.1) is 19.4 Å². The smallest absolute Gasteiger partial charge is 0.416 e. The molecule has 0 aliphatic carbocycles. The number of aliphatic hydroxyl groups excluding tert-OH is 1. The molecule has 0 radical (unpaired) electrons. The molecule has 0 saturated carbocycles. The molecule has 146 valence electrons. The van der Waals surface area contributed by atoms with Gasteiger partial charge < -0.3 is 19.3 Å². The number of hydrogen-bond acceptors (Lipinski definition) is 4. The van der Waals surface area contributed by atoms with Gasteiger partial charge in [-0.2, -0.15) is 13.2 Å². The van der Waals surface area contributed by atoms with E-state index in [0.717, 1.165) is 6.07 Å². The third-order valence-electron chi connectivity index (χ3n) is 4.39. The van der Waals surface area contributed by atoms with Crippen molar-refractivity contribution < 1.29 is 31.9 Å². The number of furan rings is 1. The quantitative estimate of drug-likeness (QED) is 0.821. The molecular weight excluding hydrogens is 368 g/mol. The van der Waals surface area contributed by atoms with Gasteiger partial charge in [0.1, 0.15) is 11.6 Å². The van der Waals surface area contributed by atoms with Crippen molar-refractivity contribution in [2.75, 3.05) is 18.0 Å². The number of amides is 1. The molecular formula is C18H18F4N2O3. The minimum atomic E-state index is -4.78. The van der Waals surface area contributed by atoms with Crippen LogP contribution in [0.25, 0.3) is 0 Å². The van der Waals surface area contributed by atoms with E-state index in [9.17, 15) is 27.5 Å². The Labute approximate surface area is 152 Å². The fourth-order valence-corrected chi connectivity index (χ4v) is 3.03. The summed E-state index contributed by atoms with van der Waals surface area (Å²) in [4.78, 5) is 15.2. The summed E-state index contributed by atoms with van der Waals surface area (Å²) in [6.07, 6.45) is -5.92. The van der Waals surface area contributed by atoms with Crippen molar-refractivity contribution in [1.29, 1.82) is 0 Å². The molecule has 1 amide bonds. The van der Waals surface area contributed by atoms with Gasteiger partial charge in [0.2, 0.25) is 5.91 Å². The van der Waals surface area contributed by atoms with E-state index in [1.807, 2.05) is 0 Å². The Balaban J connectivity index is 1.89.